The second-order valence-corrected chi connectivity index (χ2v) is 14.3. The van der Waals surface area contributed by atoms with Crippen LogP contribution in [0.25, 0.3) is 11.1 Å². The summed E-state index contributed by atoms with van der Waals surface area (Å²) in [5.41, 5.74) is 8.48. The van der Waals surface area contributed by atoms with Crippen LogP contribution in [-0.4, -0.2) is 44.7 Å². The number of benzene rings is 5. The molecule has 0 spiro atoms. The number of ether oxygens (including phenoxy) is 3. The molecule has 0 radical (unpaired) electrons. The molecule has 1 amide bonds. The number of esters is 1. The van der Waals surface area contributed by atoms with Gasteiger partial charge in [0.2, 0.25) is 5.91 Å². The van der Waals surface area contributed by atoms with Crippen LogP contribution in [0.3, 0.4) is 0 Å². The first-order valence-corrected chi connectivity index (χ1v) is 18.3. The van der Waals surface area contributed by atoms with Crippen molar-refractivity contribution < 1.29 is 23.8 Å². The maximum absolute atomic E-state index is 13.6. The summed E-state index contributed by atoms with van der Waals surface area (Å²) in [5.74, 6) is 0.745. The van der Waals surface area contributed by atoms with Gasteiger partial charge in [-0.2, -0.15) is 5.26 Å². The van der Waals surface area contributed by atoms with Gasteiger partial charge in [-0.15, -0.1) is 0 Å². The number of nitrogens with one attached hydrogen (secondary N) is 2. The number of nitrogens with zero attached hydrogens (tertiary/aromatic N) is 2. The van der Waals surface area contributed by atoms with Gasteiger partial charge in [-0.25, -0.2) is 4.79 Å². The minimum atomic E-state index is -0.852. The van der Waals surface area contributed by atoms with Crippen molar-refractivity contribution in [1.29, 1.82) is 5.26 Å². The molecule has 2 N–H and O–H groups in total. The molecule has 3 unspecified atom stereocenters. The second-order valence-electron chi connectivity index (χ2n) is 13.5. The van der Waals surface area contributed by atoms with Gasteiger partial charge in [0.15, 0.2) is 0 Å². The Morgan fingerprint density at radius 3 is 2.31 bits per heavy atom. The number of fused-ring (bicyclic) bond motifs is 2. The lowest BCUT2D eigenvalue weighted by molar-refractivity contribution is -0.145. The van der Waals surface area contributed by atoms with Crippen LogP contribution in [0.4, 0.5) is 5.69 Å². The molecule has 2 aliphatic rings. The number of nitriles is 1. The fourth-order valence-electron chi connectivity index (χ4n) is 6.81. The molecule has 11 heteroatoms. The summed E-state index contributed by atoms with van der Waals surface area (Å²) in [5, 5.41) is 16.4. The average molecular weight is 762 g/mol. The van der Waals surface area contributed by atoms with Crippen molar-refractivity contribution in [2.24, 2.45) is 0 Å². The van der Waals surface area contributed by atoms with E-state index in [2.05, 4.69) is 33.7 Å². The predicted molar refractivity (Wildman–Crippen MR) is 209 cm³/mol. The zero-order valence-corrected chi connectivity index (χ0v) is 31.3. The number of likely N-dealkylation sites (N-methyl/N-ethyl adjacent to an activating group) is 1. The summed E-state index contributed by atoms with van der Waals surface area (Å²) < 4.78 is 17.6. The quantitative estimate of drug-likeness (QED) is 0.140. The van der Waals surface area contributed by atoms with Gasteiger partial charge in [-0.05, 0) is 93.9 Å². The van der Waals surface area contributed by atoms with E-state index < -0.39 is 18.1 Å². The molecular weight excluding hydrogens is 723 g/mol. The summed E-state index contributed by atoms with van der Waals surface area (Å²) in [4.78, 5) is 28.6. The molecule has 3 atom stereocenters. The smallest absolute Gasteiger partial charge is 0.328 e. The largest absolute Gasteiger partial charge is 0.489 e. The predicted octanol–water partition coefficient (Wildman–Crippen LogP) is 7.60. The molecule has 0 saturated heterocycles. The average Bonchev–Trinajstić information content (AvgIpc) is 3.20. The monoisotopic (exact) mass is 760 g/mol. The van der Waals surface area contributed by atoms with Crippen molar-refractivity contribution in [1.82, 2.24) is 10.6 Å². The third kappa shape index (κ3) is 8.32. The zero-order chi connectivity index (χ0) is 37.8. The number of rotatable bonds is 10. The van der Waals surface area contributed by atoms with Gasteiger partial charge < -0.3 is 29.7 Å². The Balaban J connectivity index is 0.969. The molecule has 5 aromatic carbocycles. The molecular formula is C43H38Cl2N4O5. The maximum Gasteiger partial charge on any atom is 0.328 e. The van der Waals surface area contributed by atoms with Crippen molar-refractivity contribution in [2.75, 3.05) is 25.6 Å². The molecule has 0 aliphatic carbocycles. The molecule has 0 saturated carbocycles. The van der Waals surface area contributed by atoms with E-state index in [-0.39, 0.29) is 18.4 Å². The van der Waals surface area contributed by atoms with E-state index in [1.165, 1.54) is 7.11 Å². The van der Waals surface area contributed by atoms with Gasteiger partial charge in [0, 0.05) is 20.0 Å². The third-order valence-electron chi connectivity index (χ3n) is 9.87. The highest BCUT2D eigenvalue weighted by Gasteiger charge is 2.32. The normalized spacial score (nSPS) is 16.5. The zero-order valence-electron chi connectivity index (χ0n) is 29.8. The van der Waals surface area contributed by atoms with E-state index >= 15 is 0 Å². The minimum absolute atomic E-state index is 0.179. The minimum Gasteiger partial charge on any atom is -0.489 e. The lowest BCUT2D eigenvalue weighted by Crippen LogP contribution is -2.53. The van der Waals surface area contributed by atoms with Gasteiger partial charge >= 0.3 is 5.97 Å². The molecule has 2 heterocycles. The lowest BCUT2D eigenvalue weighted by Gasteiger charge is -2.36. The Labute approximate surface area is 324 Å². The van der Waals surface area contributed by atoms with E-state index in [1.807, 2.05) is 73.8 Å². The van der Waals surface area contributed by atoms with Gasteiger partial charge in [-0.1, -0.05) is 77.8 Å². The van der Waals surface area contributed by atoms with E-state index in [4.69, 9.17) is 42.7 Å². The van der Waals surface area contributed by atoms with Gasteiger partial charge in [-0.3, -0.25) is 4.79 Å². The number of carbonyl (C=O) groups excluding carboxylic acids is 2. The lowest BCUT2D eigenvalue weighted by atomic mass is 9.93. The SMILES string of the molecule is COC(=O)C(Cc1ccc(-c2ccc(C#N)cc2)cc1)NC(=O)C1Cc2cc3c(cc2CN1)OC(c1ccc(OCc2ccc(Cl)c(Cl)c2)cc1)CN3C. The van der Waals surface area contributed by atoms with Crippen LogP contribution >= 0.6 is 23.2 Å². The Bertz CT molecular complexity index is 2200. The molecule has 274 valence electrons. The molecule has 0 fully saturated rings. The fraction of sp³-hybridized carbons (Fsp3) is 0.233. The maximum atomic E-state index is 13.6. The van der Waals surface area contributed by atoms with Crippen LogP contribution < -0.4 is 25.0 Å². The van der Waals surface area contributed by atoms with Crippen molar-refractivity contribution in [3.8, 4) is 28.7 Å². The molecule has 7 rings (SSSR count). The fourth-order valence-corrected chi connectivity index (χ4v) is 7.13. The number of carbonyl (C=O) groups is 2. The summed E-state index contributed by atoms with van der Waals surface area (Å²) in [6.45, 7) is 1.49. The Hall–Kier alpha value is -5.53. The highest BCUT2D eigenvalue weighted by atomic mass is 35.5. The van der Waals surface area contributed by atoms with Crippen LogP contribution in [0.15, 0.2) is 103 Å². The first-order valence-electron chi connectivity index (χ1n) is 17.6. The number of hydrogen-bond acceptors (Lipinski definition) is 8. The molecule has 0 bridgehead atoms. The van der Waals surface area contributed by atoms with Crippen LogP contribution in [0.2, 0.25) is 10.0 Å². The highest BCUT2D eigenvalue weighted by molar-refractivity contribution is 6.42. The standard InChI is InChI=1S/C43H38Cl2N4O5/c1-49-24-41(31-12-14-34(15-13-31)53-25-28-7-16-35(44)36(45)17-28)54-40-21-33-23-47-37(19-32(33)20-39(40)49)42(50)48-38(43(51)52-2)18-26-3-8-29(9-4-26)30-10-5-27(22-46)6-11-30/h3-17,20-21,37-38,41,47H,18-19,23-25H2,1-2H3,(H,48,50). The first-order chi connectivity index (χ1) is 26.2. The Kier molecular flexibility index (Phi) is 11.1. The summed E-state index contributed by atoms with van der Waals surface area (Å²) in [6.07, 6.45) is 0.561. The third-order valence-corrected chi connectivity index (χ3v) is 10.6. The van der Waals surface area contributed by atoms with Crippen LogP contribution in [0.5, 0.6) is 11.5 Å². The summed E-state index contributed by atoms with van der Waals surface area (Å²) in [6, 6.07) is 33.4. The van der Waals surface area contributed by atoms with E-state index in [0.29, 0.717) is 41.7 Å². The topological polar surface area (TPSA) is 113 Å². The first kappa shape index (κ1) is 36.8. The van der Waals surface area contributed by atoms with Crippen molar-refractivity contribution in [3.05, 3.63) is 147 Å². The van der Waals surface area contributed by atoms with Crippen LogP contribution in [0.1, 0.15) is 39.5 Å². The van der Waals surface area contributed by atoms with Crippen molar-refractivity contribution in [3.63, 3.8) is 0 Å². The summed E-state index contributed by atoms with van der Waals surface area (Å²) >= 11 is 12.2. The number of hydrogen-bond donors (Lipinski definition) is 2. The van der Waals surface area contributed by atoms with Crippen LogP contribution in [-0.2, 0) is 40.3 Å². The van der Waals surface area contributed by atoms with Crippen molar-refractivity contribution in [2.45, 2.75) is 44.2 Å². The molecule has 5 aromatic rings. The Morgan fingerprint density at radius 2 is 1.63 bits per heavy atom. The van der Waals surface area contributed by atoms with Crippen LogP contribution in [0, 0.1) is 11.3 Å². The van der Waals surface area contributed by atoms with E-state index in [0.717, 1.165) is 56.1 Å². The number of methoxy groups -OCH3 is 1. The number of anilines is 1. The van der Waals surface area contributed by atoms with Gasteiger partial charge in [0.05, 0.1) is 47.1 Å². The number of halogens is 2. The summed E-state index contributed by atoms with van der Waals surface area (Å²) in [7, 11) is 3.36. The van der Waals surface area contributed by atoms with Crippen molar-refractivity contribution >= 4 is 40.8 Å². The second kappa shape index (κ2) is 16.2. The Morgan fingerprint density at radius 1 is 0.926 bits per heavy atom. The number of amides is 1. The van der Waals surface area contributed by atoms with Gasteiger partial charge in [0.1, 0.15) is 30.3 Å². The molecule has 54 heavy (non-hydrogen) atoms. The highest BCUT2D eigenvalue weighted by Crippen LogP contribution is 2.40. The molecule has 0 aromatic heterocycles. The van der Waals surface area contributed by atoms with E-state index in [1.54, 1.807) is 24.3 Å². The molecule has 9 nitrogen and oxygen atoms in total. The molecule has 2 aliphatic heterocycles. The van der Waals surface area contributed by atoms with E-state index in [9.17, 15) is 9.59 Å². The van der Waals surface area contributed by atoms with Gasteiger partial charge in [0.25, 0.3) is 0 Å².